The van der Waals surface area contributed by atoms with E-state index in [2.05, 4.69) is 15.6 Å². The molecule has 3 amide bonds. The van der Waals surface area contributed by atoms with E-state index >= 15 is 0 Å². The average Bonchev–Trinajstić information content (AvgIpc) is 2.65. The summed E-state index contributed by atoms with van der Waals surface area (Å²) in [5.74, 6) is -3.05. The molecule has 0 saturated heterocycles. The highest BCUT2D eigenvalue weighted by Crippen LogP contribution is 2.27. The van der Waals surface area contributed by atoms with Crippen molar-refractivity contribution >= 4 is 17.6 Å². The number of urea groups is 1. The molecule has 1 atom stereocenters. The first kappa shape index (κ1) is 19.7. The normalized spacial score (nSPS) is 14.3. The molecule has 2 aromatic rings. The molecule has 148 valence electrons. The summed E-state index contributed by atoms with van der Waals surface area (Å²) in [4.78, 5) is 29.6. The van der Waals surface area contributed by atoms with Crippen LogP contribution in [0.1, 0.15) is 36.7 Å². The monoisotopic (exact) mass is 392 g/mol. The van der Waals surface area contributed by atoms with E-state index in [1.165, 1.54) is 12.1 Å². The first-order chi connectivity index (χ1) is 13.3. The number of pyridine rings is 1. The second-order valence-corrected chi connectivity index (χ2v) is 6.51. The summed E-state index contributed by atoms with van der Waals surface area (Å²) in [6.07, 6.45) is 1.61. The molecule has 6 nitrogen and oxygen atoms in total. The second-order valence-electron chi connectivity index (χ2n) is 6.51. The number of fused-ring (bicyclic) bond motifs is 1. The molecule has 0 spiro atoms. The number of nitrogens with zero attached hydrogens (tertiary/aromatic N) is 2. The van der Waals surface area contributed by atoms with E-state index in [0.717, 1.165) is 17.2 Å². The number of halogens is 3. The van der Waals surface area contributed by atoms with Gasteiger partial charge in [-0.15, -0.1) is 0 Å². The van der Waals surface area contributed by atoms with Gasteiger partial charge in [0.2, 0.25) is 5.91 Å². The molecule has 0 unspecified atom stereocenters. The zero-order chi connectivity index (χ0) is 20.4. The molecule has 0 fully saturated rings. The zero-order valence-electron chi connectivity index (χ0n) is 15.4. The van der Waals surface area contributed by atoms with Crippen LogP contribution < -0.4 is 10.6 Å². The lowest BCUT2D eigenvalue weighted by Crippen LogP contribution is -2.45. The third kappa shape index (κ3) is 3.92. The highest BCUT2D eigenvalue weighted by Gasteiger charge is 2.28. The third-order valence-electron chi connectivity index (χ3n) is 4.54. The van der Waals surface area contributed by atoms with Crippen LogP contribution >= 0.6 is 0 Å². The van der Waals surface area contributed by atoms with E-state index in [4.69, 9.17) is 0 Å². The van der Waals surface area contributed by atoms with Crippen LogP contribution in [0.4, 0.5) is 23.7 Å². The molecule has 1 aromatic carbocycles. The number of aryl methyl sites for hydroxylation is 1. The van der Waals surface area contributed by atoms with Gasteiger partial charge in [-0.05, 0) is 37.1 Å². The largest absolute Gasteiger partial charge is 0.346 e. The van der Waals surface area contributed by atoms with E-state index in [0.29, 0.717) is 17.7 Å². The Bertz CT molecular complexity index is 936. The molecule has 2 heterocycles. The Hall–Kier alpha value is -3.10. The van der Waals surface area contributed by atoms with Gasteiger partial charge in [0.15, 0.2) is 11.6 Å². The summed E-state index contributed by atoms with van der Waals surface area (Å²) in [5.41, 5.74) is 1.35. The third-order valence-corrected chi connectivity index (χ3v) is 4.54. The van der Waals surface area contributed by atoms with Gasteiger partial charge in [-0.2, -0.15) is 0 Å². The van der Waals surface area contributed by atoms with Gasteiger partial charge in [-0.3, -0.25) is 9.78 Å². The minimum Gasteiger partial charge on any atom is -0.346 e. The maximum absolute atomic E-state index is 14.0. The first-order valence-electron chi connectivity index (χ1n) is 8.76. The molecule has 1 aliphatic rings. The van der Waals surface area contributed by atoms with Gasteiger partial charge in [-0.25, -0.2) is 18.0 Å². The van der Waals surface area contributed by atoms with E-state index in [1.54, 1.807) is 6.92 Å². The van der Waals surface area contributed by atoms with Crippen molar-refractivity contribution in [1.82, 2.24) is 15.2 Å². The van der Waals surface area contributed by atoms with Crippen molar-refractivity contribution in [2.24, 2.45) is 0 Å². The van der Waals surface area contributed by atoms with Crippen molar-refractivity contribution in [3.05, 3.63) is 58.7 Å². The van der Waals surface area contributed by atoms with Crippen LogP contribution in [0.2, 0.25) is 0 Å². The van der Waals surface area contributed by atoms with Gasteiger partial charge >= 0.3 is 6.03 Å². The van der Waals surface area contributed by atoms with Crippen LogP contribution in [0.25, 0.3) is 0 Å². The molecule has 28 heavy (non-hydrogen) atoms. The molecule has 0 saturated carbocycles. The lowest BCUT2D eigenvalue weighted by atomic mass is 10.1. The summed E-state index contributed by atoms with van der Waals surface area (Å²) < 4.78 is 40.7. The van der Waals surface area contributed by atoms with Gasteiger partial charge in [0.25, 0.3) is 0 Å². The Labute approximate surface area is 159 Å². The van der Waals surface area contributed by atoms with Crippen LogP contribution in [-0.2, 0) is 17.8 Å². The summed E-state index contributed by atoms with van der Waals surface area (Å²) in [7, 11) is 0. The van der Waals surface area contributed by atoms with Crippen LogP contribution in [0.3, 0.4) is 0 Å². The Balaban J connectivity index is 1.69. The highest BCUT2D eigenvalue weighted by molar-refractivity contribution is 5.94. The van der Waals surface area contributed by atoms with Crippen LogP contribution in [0.5, 0.6) is 0 Å². The van der Waals surface area contributed by atoms with Crippen molar-refractivity contribution < 1.29 is 22.8 Å². The predicted molar refractivity (Wildman–Crippen MR) is 95.9 cm³/mol. The first-order valence-corrected chi connectivity index (χ1v) is 8.76. The molecule has 3 rings (SSSR count). The van der Waals surface area contributed by atoms with Crippen molar-refractivity contribution in [2.45, 2.75) is 32.9 Å². The van der Waals surface area contributed by atoms with Gasteiger partial charge in [-0.1, -0.05) is 6.92 Å². The van der Waals surface area contributed by atoms with Crippen LogP contribution in [0, 0.1) is 17.5 Å². The molecular weight excluding hydrogens is 373 g/mol. The zero-order valence-corrected chi connectivity index (χ0v) is 15.4. The number of carbonyl (C=O) groups excluding carboxylic acids is 2. The molecule has 1 aromatic heterocycles. The van der Waals surface area contributed by atoms with E-state index in [9.17, 15) is 22.8 Å². The lowest BCUT2D eigenvalue weighted by molar-refractivity contribution is -0.122. The molecular formula is C19H19F3N4O2. The van der Waals surface area contributed by atoms with Crippen molar-refractivity contribution in [2.75, 3.05) is 11.9 Å². The number of carbonyl (C=O) groups is 2. The fourth-order valence-corrected chi connectivity index (χ4v) is 3.14. The smallest absolute Gasteiger partial charge is 0.322 e. The second kappa shape index (κ2) is 7.87. The maximum Gasteiger partial charge on any atom is 0.322 e. The minimum atomic E-state index is -1.06. The Kier molecular flexibility index (Phi) is 5.53. The van der Waals surface area contributed by atoms with E-state index in [1.807, 2.05) is 6.92 Å². The summed E-state index contributed by atoms with van der Waals surface area (Å²) in [6.45, 7) is 2.95. The predicted octanol–water partition coefficient (Wildman–Crippen LogP) is 3.29. The number of benzene rings is 1. The summed E-state index contributed by atoms with van der Waals surface area (Å²) in [5, 5.41) is 5.13. The fourth-order valence-electron chi connectivity index (χ4n) is 3.14. The standard InChI is InChI=1S/C19H19F3N4O2/c1-3-11-6-12(20)7-23-18(11)10(2)24-16(27)9-26-8-13-15(25-19(26)28)5-4-14(21)17(13)22/h4-7,10H,3,8-9H2,1-2H3,(H,24,27)(H,25,28)/t10-/m1/s1. The minimum absolute atomic E-state index is 0.0195. The SMILES string of the molecule is CCc1cc(F)cnc1[C@@H](C)NC(=O)CN1Cc2c(ccc(F)c2F)NC1=O. The van der Waals surface area contributed by atoms with Crippen molar-refractivity contribution in [3.8, 4) is 0 Å². The van der Waals surface area contributed by atoms with Gasteiger partial charge in [0.1, 0.15) is 12.4 Å². The fraction of sp³-hybridized carbons (Fsp3) is 0.316. The molecule has 1 aliphatic heterocycles. The Morgan fingerprint density at radius 3 is 2.82 bits per heavy atom. The molecule has 9 heteroatoms. The number of hydrogen-bond acceptors (Lipinski definition) is 3. The van der Waals surface area contributed by atoms with Crippen molar-refractivity contribution in [1.29, 1.82) is 0 Å². The van der Waals surface area contributed by atoms with Gasteiger partial charge in [0.05, 0.1) is 30.2 Å². The topological polar surface area (TPSA) is 74.3 Å². The number of amides is 3. The Morgan fingerprint density at radius 1 is 1.36 bits per heavy atom. The quantitative estimate of drug-likeness (QED) is 0.820. The molecule has 0 radical (unpaired) electrons. The number of hydrogen-bond donors (Lipinski definition) is 2. The number of nitrogens with one attached hydrogen (secondary N) is 2. The van der Waals surface area contributed by atoms with Crippen LogP contribution in [0.15, 0.2) is 24.4 Å². The summed E-state index contributed by atoms with van der Waals surface area (Å²) in [6, 6.07) is 2.46. The molecule has 2 N–H and O–H groups in total. The van der Waals surface area contributed by atoms with Crippen LogP contribution in [-0.4, -0.2) is 28.4 Å². The van der Waals surface area contributed by atoms with Gasteiger partial charge in [0, 0.05) is 5.56 Å². The van der Waals surface area contributed by atoms with Gasteiger partial charge < -0.3 is 15.5 Å². The van der Waals surface area contributed by atoms with E-state index < -0.39 is 35.4 Å². The number of anilines is 1. The average molecular weight is 392 g/mol. The number of rotatable bonds is 5. The molecule has 0 bridgehead atoms. The van der Waals surface area contributed by atoms with Crippen molar-refractivity contribution in [3.63, 3.8) is 0 Å². The molecule has 0 aliphatic carbocycles. The Morgan fingerprint density at radius 2 is 2.11 bits per heavy atom. The van der Waals surface area contributed by atoms with E-state index in [-0.39, 0.29) is 24.3 Å². The number of aromatic nitrogens is 1. The highest BCUT2D eigenvalue weighted by atomic mass is 19.2. The summed E-state index contributed by atoms with van der Waals surface area (Å²) >= 11 is 0. The lowest BCUT2D eigenvalue weighted by Gasteiger charge is -2.29. The maximum atomic E-state index is 14.0.